The summed E-state index contributed by atoms with van der Waals surface area (Å²) in [4.78, 5) is 0.573. The maximum Gasteiger partial charge on any atom is 0.263 e. The first-order chi connectivity index (χ1) is 9.74. The van der Waals surface area contributed by atoms with Gasteiger partial charge in [-0.15, -0.1) is 11.3 Å². The van der Waals surface area contributed by atoms with Gasteiger partial charge < -0.3 is 5.11 Å². The van der Waals surface area contributed by atoms with E-state index in [2.05, 4.69) is 25.5 Å². The van der Waals surface area contributed by atoms with E-state index >= 15 is 0 Å². The van der Waals surface area contributed by atoms with Gasteiger partial charge in [-0.05, 0) is 34.6 Å². The van der Waals surface area contributed by atoms with Gasteiger partial charge in [0.05, 0.1) is 11.5 Å². The van der Waals surface area contributed by atoms with Crippen molar-refractivity contribution in [2.24, 2.45) is 0 Å². The number of aliphatic hydroxyl groups is 1. The lowest BCUT2D eigenvalue weighted by molar-refractivity contribution is 0.282. The molecule has 0 unspecified atom stereocenters. The molecule has 1 heterocycles. The minimum absolute atomic E-state index is 0.0226. The number of hydrogen-bond donors (Lipinski definition) is 2. The number of rotatable bonds is 4. The first kappa shape index (κ1) is 16.0. The summed E-state index contributed by atoms with van der Waals surface area (Å²) in [6.45, 7) is 6.03. The molecule has 6 heteroatoms. The van der Waals surface area contributed by atoms with Crippen LogP contribution in [0.5, 0.6) is 0 Å². The van der Waals surface area contributed by atoms with Crippen LogP contribution in [0.15, 0.2) is 40.6 Å². The van der Waals surface area contributed by atoms with E-state index in [1.807, 2.05) is 12.1 Å². The first-order valence-corrected chi connectivity index (χ1v) is 8.91. The molecule has 21 heavy (non-hydrogen) atoms. The Morgan fingerprint density at radius 2 is 1.76 bits per heavy atom. The third-order valence-electron chi connectivity index (χ3n) is 3.14. The molecule has 4 nitrogen and oxygen atoms in total. The second-order valence-electron chi connectivity index (χ2n) is 5.80. The number of nitrogens with one attached hydrogen (secondary N) is 1. The fraction of sp³-hybridized carbons (Fsp3) is 0.333. The van der Waals surface area contributed by atoms with Crippen LogP contribution in [-0.4, -0.2) is 13.5 Å². The summed E-state index contributed by atoms with van der Waals surface area (Å²) in [7, 11) is -3.66. The monoisotopic (exact) mass is 325 g/mol. The van der Waals surface area contributed by atoms with Gasteiger partial charge in [-0.3, -0.25) is 4.72 Å². The summed E-state index contributed by atoms with van der Waals surface area (Å²) in [5.74, 6) is 0. The highest BCUT2D eigenvalue weighted by molar-refractivity contribution is 7.93. The lowest BCUT2D eigenvalue weighted by atomic mass is 9.87. The number of anilines is 1. The number of thiophene rings is 1. The predicted octanol–water partition coefficient (Wildman–Crippen LogP) is 3.34. The number of hydrogen-bond acceptors (Lipinski definition) is 4. The molecule has 0 fully saturated rings. The van der Waals surface area contributed by atoms with Gasteiger partial charge in [-0.1, -0.05) is 32.9 Å². The van der Waals surface area contributed by atoms with Gasteiger partial charge in [0.1, 0.15) is 4.90 Å². The summed E-state index contributed by atoms with van der Waals surface area (Å²) in [6, 6.07) is 8.84. The van der Waals surface area contributed by atoms with Crippen LogP contribution < -0.4 is 4.72 Å². The van der Waals surface area contributed by atoms with Crippen LogP contribution in [0.2, 0.25) is 0 Å². The molecule has 1 aromatic carbocycles. The fourth-order valence-corrected chi connectivity index (χ4v) is 4.29. The van der Waals surface area contributed by atoms with Crippen LogP contribution in [0.1, 0.15) is 31.2 Å². The third kappa shape index (κ3) is 3.64. The molecule has 2 aromatic rings. The lowest BCUT2D eigenvalue weighted by Gasteiger charge is -2.19. The summed E-state index contributed by atoms with van der Waals surface area (Å²) in [5, 5.41) is 10.8. The van der Waals surface area contributed by atoms with Gasteiger partial charge in [0, 0.05) is 5.69 Å². The van der Waals surface area contributed by atoms with E-state index in [-0.39, 0.29) is 16.9 Å². The molecular weight excluding hydrogens is 306 g/mol. The topological polar surface area (TPSA) is 66.4 Å². The molecule has 2 rings (SSSR count). The Labute approximate surface area is 129 Å². The van der Waals surface area contributed by atoms with Crippen molar-refractivity contribution in [2.75, 3.05) is 4.72 Å². The van der Waals surface area contributed by atoms with Crippen molar-refractivity contribution >= 4 is 27.0 Å². The molecule has 0 amide bonds. The minimum Gasteiger partial charge on any atom is -0.391 e. The van der Waals surface area contributed by atoms with Gasteiger partial charge in [0.25, 0.3) is 10.0 Å². The van der Waals surface area contributed by atoms with Gasteiger partial charge in [0.15, 0.2) is 0 Å². The zero-order chi connectivity index (χ0) is 15.7. The van der Waals surface area contributed by atoms with E-state index in [0.717, 1.165) is 5.56 Å². The van der Waals surface area contributed by atoms with E-state index in [1.165, 1.54) is 17.4 Å². The molecule has 2 N–H and O–H groups in total. The molecule has 0 aliphatic rings. The van der Waals surface area contributed by atoms with E-state index in [4.69, 9.17) is 0 Å². The van der Waals surface area contributed by atoms with Gasteiger partial charge in [0.2, 0.25) is 0 Å². The Kier molecular flexibility index (Phi) is 4.41. The van der Waals surface area contributed by atoms with E-state index in [1.54, 1.807) is 17.5 Å². The Hall–Kier alpha value is -1.37. The largest absolute Gasteiger partial charge is 0.391 e. The van der Waals surface area contributed by atoms with Crippen molar-refractivity contribution in [3.63, 3.8) is 0 Å². The Morgan fingerprint density at radius 1 is 1.14 bits per heavy atom. The van der Waals surface area contributed by atoms with E-state index in [0.29, 0.717) is 10.6 Å². The summed E-state index contributed by atoms with van der Waals surface area (Å²) in [5.41, 5.74) is 1.67. The normalized spacial score (nSPS) is 12.4. The Bertz CT molecular complexity index is 710. The lowest BCUT2D eigenvalue weighted by Crippen LogP contribution is -2.14. The van der Waals surface area contributed by atoms with Crippen molar-refractivity contribution in [3.05, 3.63) is 46.2 Å². The minimum atomic E-state index is -3.66. The number of aliphatic hydroxyl groups excluding tert-OH is 1. The standard InChI is InChI=1S/C15H19NO3S2/c1-15(2,3)11-4-6-12(7-5-11)16-21(18,19)14-8-9-20-13(14)10-17/h4-9,16-17H,10H2,1-3H3. The molecule has 0 bridgehead atoms. The maximum atomic E-state index is 12.3. The van der Waals surface area contributed by atoms with Crippen LogP contribution in [0.25, 0.3) is 0 Å². The first-order valence-electron chi connectivity index (χ1n) is 6.54. The Morgan fingerprint density at radius 3 is 2.29 bits per heavy atom. The molecule has 1 aromatic heterocycles. The second-order valence-corrected chi connectivity index (χ2v) is 8.45. The molecule has 0 aliphatic carbocycles. The summed E-state index contributed by atoms with van der Waals surface area (Å²) in [6.07, 6.45) is 0. The molecular formula is C15H19NO3S2. The summed E-state index contributed by atoms with van der Waals surface area (Å²) >= 11 is 1.22. The maximum absolute atomic E-state index is 12.3. The molecule has 0 spiro atoms. The van der Waals surface area contributed by atoms with Crippen molar-refractivity contribution in [1.82, 2.24) is 0 Å². The van der Waals surface area contributed by atoms with Crippen LogP contribution in [0.3, 0.4) is 0 Å². The molecule has 0 atom stereocenters. The van der Waals surface area contributed by atoms with Crippen LogP contribution in [0.4, 0.5) is 5.69 Å². The second kappa shape index (κ2) is 5.79. The quantitative estimate of drug-likeness (QED) is 0.906. The van der Waals surface area contributed by atoms with Crippen LogP contribution in [-0.2, 0) is 22.0 Å². The highest BCUT2D eigenvalue weighted by atomic mass is 32.2. The molecule has 0 radical (unpaired) electrons. The van der Waals surface area contributed by atoms with Crippen molar-refractivity contribution < 1.29 is 13.5 Å². The van der Waals surface area contributed by atoms with Gasteiger partial charge in [-0.2, -0.15) is 0 Å². The number of benzene rings is 1. The molecule has 0 saturated heterocycles. The average molecular weight is 325 g/mol. The highest BCUT2D eigenvalue weighted by Crippen LogP contribution is 2.26. The van der Waals surface area contributed by atoms with Gasteiger partial charge in [-0.25, -0.2) is 8.42 Å². The smallest absolute Gasteiger partial charge is 0.263 e. The SMILES string of the molecule is CC(C)(C)c1ccc(NS(=O)(=O)c2ccsc2CO)cc1. The Balaban J connectivity index is 2.25. The van der Waals surface area contributed by atoms with E-state index in [9.17, 15) is 13.5 Å². The third-order valence-corrected chi connectivity index (χ3v) is 5.64. The zero-order valence-electron chi connectivity index (χ0n) is 12.3. The van der Waals surface area contributed by atoms with Crippen molar-refractivity contribution in [2.45, 2.75) is 37.7 Å². The van der Waals surface area contributed by atoms with Crippen LogP contribution >= 0.6 is 11.3 Å². The fourth-order valence-electron chi connectivity index (χ4n) is 1.93. The van der Waals surface area contributed by atoms with Gasteiger partial charge >= 0.3 is 0 Å². The van der Waals surface area contributed by atoms with E-state index < -0.39 is 10.0 Å². The van der Waals surface area contributed by atoms with Crippen molar-refractivity contribution in [3.8, 4) is 0 Å². The average Bonchev–Trinajstić information content (AvgIpc) is 2.87. The molecule has 0 saturated carbocycles. The molecule has 0 aliphatic heterocycles. The number of sulfonamides is 1. The molecule has 114 valence electrons. The predicted molar refractivity (Wildman–Crippen MR) is 86.2 cm³/mol. The summed E-state index contributed by atoms with van der Waals surface area (Å²) < 4.78 is 27.2. The highest BCUT2D eigenvalue weighted by Gasteiger charge is 2.20. The zero-order valence-corrected chi connectivity index (χ0v) is 13.9. The van der Waals surface area contributed by atoms with Crippen molar-refractivity contribution in [1.29, 1.82) is 0 Å². The van der Waals surface area contributed by atoms with Crippen LogP contribution in [0, 0.1) is 0 Å².